The van der Waals surface area contributed by atoms with E-state index in [4.69, 9.17) is 4.74 Å². The smallest absolute Gasteiger partial charge is 0.159 e. The number of nitrogens with zero attached hydrogens (tertiary/aromatic N) is 6. The lowest BCUT2D eigenvalue weighted by Crippen LogP contribution is -2.50. The van der Waals surface area contributed by atoms with Gasteiger partial charge in [-0.25, -0.2) is 14.6 Å². The summed E-state index contributed by atoms with van der Waals surface area (Å²) in [6.07, 6.45) is 4.67. The Kier molecular flexibility index (Phi) is 4.03. The Morgan fingerprint density at radius 2 is 1.85 bits per heavy atom. The van der Waals surface area contributed by atoms with Crippen molar-refractivity contribution in [3.63, 3.8) is 0 Å². The van der Waals surface area contributed by atoms with Crippen LogP contribution in [-0.4, -0.2) is 70.1 Å². The van der Waals surface area contributed by atoms with E-state index in [2.05, 4.69) is 37.0 Å². The first kappa shape index (κ1) is 15.7. The van der Waals surface area contributed by atoms with E-state index >= 15 is 0 Å². The number of piperazine rings is 1. The Bertz CT molecular complexity index is 896. The van der Waals surface area contributed by atoms with Gasteiger partial charge < -0.3 is 9.64 Å². The van der Waals surface area contributed by atoms with Crippen molar-refractivity contribution in [1.29, 1.82) is 0 Å². The molecule has 3 aromatic rings. The summed E-state index contributed by atoms with van der Waals surface area (Å²) < 4.78 is 7.41. The zero-order valence-electron chi connectivity index (χ0n) is 14.7. The van der Waals surface area contributed by atoms with E-state index in [1.54, 1.807) is 6.33 Å². The number of ether oxygens (including phenoxy) is 1. The largest absolute Gasteiger partial charge is 0.380 e. The number of para-hydroxylation sites is 1. The van der Waals surface area contributed by atoms with Crippen molar-refractivity contribution in [2.24, 2.45) is 0 Å². The third-order valence-corrected chi connectivity index (χ3v) is 5.39. The number of hydrogen-bond donors (Lipinski definition) is 0. The molecule has 2 aliphatic heterocycles. The van der Waals surface area contributed by atoms with Crippen LogP contribution in [0.15, 0.2) is 42.9 Å². The molecule has 4 heterocycles. The van der Waals surface area contributed by atoms with Crippen LogP contribution >= 0.6 is 0 Å². The zero-order valence-corrected chi connectivity index (χ0v) is 14.7. The van der Waals surface area contributed by atoms with Gasteiger partial charge in [-0.1, -0.05) is 18.2 Å². The number of anilines is 1. The highest BCUT2D eigenvalue weighted by Crippen LogP contribution is 2.21. The van der Waals surface area contributed by atoms with Crippen molar-refractivity contribution in [3.8, 4) is 5.82 Å². The minimum absolute atomic E-state index is 0.591. The van der Waals surface area contributed by atoms with E-state index in [9.17, 15) is 0 Å². The number of benzene rings is 1. The first-order valence-corrected chi connectivity index (χ1v) is 9.20. The molecule has 2 aliphatic rings. The third kappa shape index (κ3) is 2.83. The Hall–Kier alpha value is -2.51. The molecule has 26 heavy (non-hydrogen) atoms. The maximum absolute atomic E-state index is 5.53. The van der Waals surface area contributed by atoms with Gasteiger partial charge in [-0.05, 0) is 12.5 Å². The highest BCUT2D eigenvalue weighted by molar-refractivity contribution is 5.79. The standard InChI is InChI=1S/C19H22N6O/c1-2-4-17-15(3-1)12-22-25(17)19-11-18(20-14-21-19)24-8-6-23(7-9-24)16-5-10-26-13-16/h1-4,11-12,14,16H,5-10,13H2. The van der Waals surface area contributed by atoms with Crippen LogP contribution in [-0.2, 0) is 4.74 Å². The molecule has 0 spiro atoms. The van der Waals surface area contributed by atoms with Gasteiger partial charge in [0.2, 0.25) is 0 Å². The van der Waals surface area contributed by atoms with Crippen LogP contribution in [0.1, 0.15) is 6.42 Å². The second-order valence-electron chi connectivity index (χ2n) is 6.89. The van der Waals surface area contributed by atoms with Gasteiger partial charge in [-0.3, -0.25) is 4.90 Å². The lowest BCUT2D eigenvalue weighted by Gasteiger charge is -2.38. The molecule has 0 radical (unpaired) electrons. The summed E-state index contributed by atoms with van der Waals surface area (Å²) in [7, 11) is 0. The number of rotatable bonds is 3. The maximum Gasteiger partial charge on any atom is 0.159 e. The number of aromatic nitrogens is 4. The van der Waals surface area contributed by atoms with Crippen molar-refractivity contribution in [2.75, 3.05) is 44.3 Å². The highest BCUT2D eigenvalue weighted by atomic mass is 16.5. The molecule has 1 aromatic carbocycles. The first-order chi connectivity index (χ1) is 12.9. The molecule has 2 aromatic heterocycles. The summed E-state index contributed by atoms with van der Waals surface area (Å²) in [6.45, 7) is 5.84. The molecule has 1 atom stereocenters. The van der Waals surface area contributed by atoms with Gasteiger partial charge in [-0.2, -0.15) is 5.10 Å². The van der Waals surface area contributed by atoms with Gasteiger partial charge in [0.25, 0.3) is 0 Å². The van der Waals surface area contributed by atoms with Crippen LogP contribution < -0.4 is 4.90 Å². The van der Waals surface area contributed by atoms with Crippen molar-refractivity contribution >= 4 is 16.7 Å². The Morgan fingerprint density at radius 3 is 2.69 bits per heavy atom. The topological polar surface area (TPSA) is 59.3 Å². The van der Waals surface area contributed by atoms with E-state index in [0.717, 1.165) is 68.4 Å². The normalized spacial score (nSPS) is 21.5. The minimum Gasteiger partial charge on any atom is -0.380 e. The Balaban J connectivity index is 1.35. The fourth-order valence-corrected chi connectivity index (χ4v) is 3.91. The lowest BCUT2D eigenvalue weighted by atomic mass is 10.2. The van der Waals surface area contributed by atoms with Crippen LogP contribution in [0.4, 0.5) is 5.82 Å². The van der Waals surface area contributed by atoms with E-state index in [1.165, 1.54) is 0 Å². The second kappa shape index (κ2) is 6.66. The fourth-order valence-electron chi connectivity index (χ4n) is 3.91. The molecule has 2 fully saturated rings. The van der Waals surface area contributed by atoms with E-state index in [1.807, 2.05) is 29.1 Å². The maximum atomic E-state index is 5.53. The molecule has 134 valence electrons. The van der Waals surface area contributed by atoms with E-state index in [-0.39, 0.29) is 0 Å². The second-order valence-corrected chi connectivity index (χ2v) is 6.89. The van der Waals surface area contributed by atoms with Crippen LogP contribution in [0.5, 0.6) is 0 Å². The summed E-state index contributed by atoms with van der Waals surface area (Å²) in [5, 5.41) is 5.61. The van der Waals surface area contributed by atoms with E-state index < -0.39 is 0 Å². The predicted octanol–water partition coefficient (Wildman–Crippen LogP) is 1.73. The minimum atomic E-state index is 0.591. The van der Waals surface area contributed by atoms with Crippen molar-refractivity contribution in [3.05, 3.63) is 42.9 Å². The van der Waals surface area contributed by atoms with Gasteiger partial charge in [0.05, 0.1) is 18.3 Å². The summed E-state index contributed by atoms with van der Waals surface area (Å²) in [4.78, 5) is 13.8. The average molecular weight is 350 g/mol. The van der Waals surface area contributed by atoms with Crippen LogP contribution in [0, 0.1) is 0 Å². The Labute approximate surface area is 152 Å². The summed E-state index contributed by atoms with van der Waals surface area (Å²) in [6, 6.07) is 10.8. The van der Waals surface area contributed by atoms with Crippen molar-refractivity contribution in [1.82, 2.24) is 24.6 Å². The summed E-state index contributed by atoms with van der Waals surface area (Å²) >= 11 is 0. The molecule has 0 bridgehead atoms. The molecule has 7 nitrogen and oxygen atoms in total. The average Bonchev–Trinajstić information content (AvgIpc) is 3.38. The van der Waals surface area contributed by atoms with E-state index in [0.29, 0.717) is 6.04 Å². The van der Waals surface area contributed by atoms with Crippen molar-refractivity contribution in [2.45, 2.75) is 12.5 Å². The van der Waals surface area contributed by atoms with Crippen LogP contribution in [0.3, 0.4) is 0 Å². The SMILES string of the molecule is c1ccc2c(c1)cnn2-c1cc(N2CCN(C3CCOC3)CC2)ncn1. The van der Waals surface area contributed by atoms with Crippen molar-refractivity contribution < 1.29 is 4.74 Å². The number of fused-ring (bicyclic) bond motifs is 1. The summed E-state index contributed by atoms with van der Waals surface area (Å²) in [5.74, 6) is 1.78. The fraction of sp³-hybridized carbons (Fsp3) is 0.421. The monoisotopic (exact) mass is 350 g/mol. The van der Waals surface area contributed by atoms with Gasteiger partial charge in [0.15, 0.2) is 5.82 Å². The molecule has 0 saturated carbocycles. The predicted molar refractivity (Wildman–Crippen MR) is 99.7 cm³/mol. The lowest BCUT2D eigenvalue weighted by molar-refractivity contribution is 0.139. The van der Waals surface area contributed by atoms with Gasteiger partial charge >= 0.3 is 0 Å². The molecule has 2 saturated heterocycles. The molecule has 7 heteroatoms. The van der Waals surface area contributed by atoms with Gasteiger partial charge in [0, 0.05) is 50.3 Å². The van der Waals surface area contributed by atoms with Crippen LogP contribution in [0.2, 0.25) is 0 Å². The molecule has 0 N–H and O–H groups in total. The van der Waals surface area contributed by atoms with Crippen LogP contribution in [0.25, 0.3) is 16.7 Å². The molecular formula is C19H22N6O. The van der Waals surface area contributed by atoms with Gasteiger partial charge in [-0.15, -0.1) is 0 Å². The van der Waals surface area contributed by atoms with Gasteiger partial charge in [0.1, 0.15) is 12.1 Å². The Morgan fingerprint density at radius 1 is 1.00 bits per heavy atom. The zero-order chi connectivity index (χ0) is 17.3. The molecular weight excluding hydrogens is 328 g/mol. The highest BCUT2D eigenvalue weighted by Gasteiger charge is 2.27. The number of hydrogen-bond acceptors (Lipinski definition) is 6. The quantitative estimate of drug-likeness (QED) is 0.717. The first-order valence-electron chi connectivity index (χ1n) is 9.20. The molecule has 0 amide bonds. The molecule has 0 aliphatic carbocycles. The molecule has 5 rings (SSSR count). The third-order valence-electron chi connectivity index (χ3n) is 5.39. The molecule has 1 unspecified atom stereocenters. The summed E-state index contributed by atoms with van der Waals surface area (Å²) in [5.41, 5.74) is 1.06.